The van der Waals surface area contributed by atoms with Crippen molar-refractivity contribution in [2.24, 2.45) is 0 Å². The molecule has 0 radical (unpaired) electrons. The van der Waals surface area contributed by atoms with E-state index in [4.69, 9.17) is 15.5 Å². The summed E-state index contributed by atoms with van der Waals surface area (Å²) in [6.45, 7) is 3.83. The second-order valence-electron chi connectivity index (χ2n) is 10.7. The highest BCUT2D eigenvalue weighted by atomic mass is 16.5. The van der Waals surface area contributed by atoms with Crippen molar-refractivity contribution in [3.63, 3.8) is 0 Å². The molecule has 1 fully saturated rings. The standard InChI is InChI=1S/C30H32N8O2/c31-27-25-26(35-36-27)23-17-33-30(32-14-13-22-12-9-20-5-1-2-6-24(20)40-22)34-28(23)38(29(25)39)21-10-7-19(8-11-21)18-37-15-3-4-16-37/h1-2,5-8,10-11,17,22H,3-4,9,12-16,18H2,(H3,31,35,36)(H,32,33,34)/t22-/m1/s1. The Balaban J connectivity index is 1.17. The van der Waals surface area contributed by atoms with Crippen LogP contribution in [0.5, 0.6) is 5.75 Å². The predicted octanol–water partition coefficient (Wildman–Crippen LogP) is 4.03. The Hall–Kier alpha value is -4.44. The molecule has 1 atom stereocenters. The monoisotopic (exact) mass is 536 g/mol. The molecule has 1 saturated heterocycles. The molecule has 204 valence electrons. The molecule has 2 aliphatic rings. The summed E-state index contributed by atoms with van der Waals surface area (Å²) in [5, 5.41) is 11.4. The quantitative estimate of drug-likeness (QED) is 0.285. The Kier molecular flexibility index (Phi) is 6.31. The number of nitrogens with two attached hydrogens (primary N) is 1. The average Bonchev–Trinajstić information content (AvgIpc) is 3.64. The molecule has 0 saturated carbocycles. The average molecular weight is 537 g/mol. The molecule has 3 aromatic heterocycles. The molecule has 5 heterocycles. The number of aromatic nitrogens is 5. The van der Waals surface area contributed by atoms with Crippen molar-refractivity contribution in [1.29, 1.82) is 0 Å². The number of aromatic amines is 1. The van der Waals surface area contributed by atoms with Gasteiger partial charge >= 0.3 is 0 Å². The molecule has 0 bridgehead atoms. The highest BCUT2D eigenvalue weighted by Gasteiger charge is 2.21. The van der Waals surface area contributed by atoms with Gasteiger partial charge in [0.25, 0.3) is 5.56 Å². The second kappa shape index (κ2) is 10.3. The van der Waals surface area contributed by atoms with Crippen LogP contribution in [-0.2, 0) is 13.0 Å². The molecule has 0 amide bonds. The first-order chi connectivity index (χ1) is 19.6. The number of anilines is 2. The lowest BCUT2D eigenvalue weighted by Gasteiger charge is -2.26. The van der Waals surface area contributed by atoms with E-state index in [1.807, 2.05) is 24.3 Å². The maximum absolute atomic E-state index is 13.7. The normalized spacial score (nSPS) is 17.2. The van der Waals surface area contributed by atoms with E-state index in [1.165, 1.54) is 24.0 Å². The third-order valence-electron chi connectivity index (χ3n) is 8.01. The number of aryl methyl sites for hydroxylation is 1. The van der Waals surface area contributed by atoms with Gasteiger partial charge in [-0.05, 0) is 68.1 Å². The fourth-order valence-corrected chi connectivity index (χ4v) is 5.90. The zero-order valence-corrected chi connectivity index (χ0v) is 22.3. The largest absolute Gasteiger partial charge is 0.490 e. The van der Waals surface area contributed by atoms with Crippen molar-refractivity contribution in [2.75, 3.05) is 30.7 Å². The lowest BCUT2D eigenvalue weighted by Crippen LogP contribution is -2.25. The van der Waals surface area contributed by atoms with E-state index in [0.29, 0.717) is 34.4 Å². The van der Waals surface area contributed by atoms with Crippen LogP contribution >= 0.6 is 0 Å². The summed E-state index contributed by atoms with van der Waals surface area (Å²) in [5.74, 6) is 1.59. The summed E-state index contributed by atoms with van der Waals surface area (Å²) in [6, 6.07) is 16.3. The van der Waals surface area contributed by atoms with Gasteiger partial charge in [0.15, 0.2) is 11.5 Å². The third-order valence-corrected chi connectivity index (χ3v) is 8.01. The van der Waals surface area contributed by atoms with Crippen LogP contribution in [0.4, 0.5) is 11.8 Å². The first-order valence-corrected chi connectivity index (χ1v) is 14.0. The van der Waals surface area contributed by atoms with E-state index in [0.717, 1.165) is 50.3 Å². The van der Waals surface area contributed by atoms with Gasteiger partial charge in [-0.2, -0.15) is 10.1 Å². The molecule has 10 nitrogen and oxygen atoms in total. The van der Waals surface area contributed by atoms with Gasteiger partial charge in [0, 0.05) is 25.7 Å². The molecule has 10 heteroatoms. The van der Waals surface area contributed by atoms with Crippen molar-refractivity contribution in [3.05, 3.63) is 76.2 Å². The molecule has 7 rings (SSSR count). The molecule has 2 aliphatic heterocycles. The molecule has 2 aromatic carbocycles. The number of nitrogen functional groups attached to an aromatic ring is 1. The van der Waals surface area contributed by atoms with Crippen molar-refractivity contribution in [3.8, 4) is 11.4 Å². The van der Waals surface area contributed by atoms with E-state index >= 15 is 0 Å². The van der Waals surface area contributed by atoms with E-state index < -0.39 is 0 Å². The minimum Gasteiger partial charge on any atom is -0.490 e. The Labute approximate surface area is 231 Å². The van der Waals surface area contributed by atoms with Crippen LogP contribution in [0.2, 0.25) is 0 Å². The fraction of sp³-hybridized carbons (Fsp3) is 0.333. The molecule has 0 spiro atoms. The zero-order valence-electron chi connectivity index (χ0n) is 22.3. The Morgan fingerprint density at radius 2 is 1.93 bits per heavy atom. The number of benzene rings is 2. The summed E-state index contributed by atoms with van der Waals surface area (Å²) in [7, 11) is 0. The van der Waals surface area contributed by atoms with Gasteiger partial charge < -0.3 is 15.8 Å². The Morgan fingerprint density at radius 3 is 2.77 bits per heavy atom. The third kappa shape index (κ3) is 4.54. The van der Waals surface area contributed by atoms with E-state index in [-0.39, 0.29) is 17.5 Å². The lowest BCUT2D eigenvalue weighted by atomic mass is 10.0. The van der Waals surface area contributed by atoms with Crippen LogP contribution < -0.4 is 21.3 Å². The lowest BCUT2D eigenvalue weighted by molar-refractivity contribution is 0.167. The van der Waals surface area contributed by atoms with E-state index in [1.54, 1.807) is 10.8 Å². The number of likely N-dealkylation sites (tertiary alicyclic amines) is 1. The number of hydrogen-bond donors (Lipinski definition) is 3. The molecular formula is C30H32N8O2. The number of H-pyrrole nitrogens is 1. The van der Waals surface area contributed by atoms with Crippen LogP contribution in [0.15, 0.2) is 59.5 Å². The van der Waals surface area contributed by atoms with Crippen molar-refractivity contribution in [1.82, 2.24) is 29.6 Å². The SMILES string of the molecule is Nc1n[nH]c2c1c(=O)n(-c1ccc(CN3CCCC3)cc1)c1nc(NCC[C@H]3CCc4ccccc4O3)ncc21. The first kappa shape index (κ1) is 24.6. The minimum absolute atomic E-state index is 0.132. The molecule has 0 unspecified atom stereocenters. The van der Waals surface area contributed by atoms with Gasteiger partial charge in [-0.3, -0.25) is 19.4 Å². The van der Waals surface area contributed by atoms with Gasteiger partial charge in [-0.25, -0.2) is 4.98 Å². The van der Waals surface area contributed by atoms with Gasteiger partial charge in [0.2, 0.25) is 5.95 Å². The summed E-state index contributed by atoms with van der Waals surface area (Å²) < 4.78 is 7.79. The van der Waals surface area contributed by atoms with Crippen LogP contribution in [-0.4, -0.2) is 55.4 Å². The highest BCUT2D eigenvalue weighted by Crippen LogP contribution is 2.29. The summed E-state index contributed by atoms with van der Waals surface area (Å²) in [5.41, 5.74) is 10.1. The maximum atomic E-state index is 13.7. The van der Waals surface area contributed by atoms with Gasteiger partial charge in [-0.15, -0.1) is 0 Å². The smallest absolute Gasteiger partial charge is 0.270 e. The van der Waals surface area contributed by atoms with Crippen LogP contribution in [0, 0.1) is 0 Å². The fourth-order valence-electron chi connectivity index (χ4n) is 5.90. The van der Waals surface area contributed by atoms with Crippen molar-refractivity contribution < 1.29 is 4.74 Å². The topological polar surface area (TPSA) is 127 Å². The van der Waals surface area contributed by atoms with Crippen molar-refractivity contribution in [2.45, 2.75) is 44.8 Å². The van der Waals surface area contributed by atoms with Gasteiger partial charge in [-0.1, -0.05) is 30.3 Å². The molecule has 0 aliphatic carbocycles. The van der Waals surface area contributed by atoms with Crippen LogP contribution in [0.1, 0.15) is 36.8 Å². The Bertz CT molecular complexity index is 1740. The number of ether oxygens (including phenoxy) is 1. The summed E-state index contributed by atoms with van der Waals surface area (Å²) in [6.07, 6.45) is 7.16. The number of nitrogens with zero attached hydrogens (tertiary/aromatic N) is 5. The number of rotatable bonds is 7. The predicted molar refractivity (Wildman–Crippen MR) is 156 cm³/mol. The Morgan fingerprint density at radius 1 is 1.10 bits per heavy atom. The highest BCUT2D eigenvalue weighted by molar-refractivity contribution is 6.05. The number of nitrogens with one attached hydrogen (secondary N) is 2. The van der Waals surface area contributed by atoms with E-state index in [9.17, 15) is 4.79 Å². The summed E-state index contributed by atoms with van der Waals surface area (Å²) >= 11 is 0. The number of fused-ring (bicyclic) bond motifs is 4. The van der Waals surface area contributed by atoms with Gasteiger partial charge in [0.05, 0.1) is 16.6 Å². The van der Waals surface area contributed by atoms with Gasteiger partial charge in [0.1, 0.15) is 17.2 Å². The van der Waals surface area contributed by atoms with Crippen molar-refractivity contribution >= 4 is 33.7 Å². The molecular weight excluding hydrogens is 504 g/mol. The zero-order chi connectivity index (χ0) is 27.1. The maximum Gasteiger partial charge on any atom is 0.270 e. The molecule has 4 N–H and O–H groups in total. The van der Waals surface area contributed by atoms with Crippen LogP contribution in [0.25, 0.3) is 27.6 Å². The first-order valence-electron chi connectivity index (χ1n) is 14.0. The van der Waals surface area contributed by atoms with Crippen LogP contribution in [0.3, 0.4) is 0 Å². The summed E-state index contributed by atoms with van der Waals surface area (Å²) in [4.78, 5) is 25.5. The molecule has 5 aromatic rings. The molecule has 40 heavy (non-hydrogen) atoms. The van der Waals surface area contributed by atoms with E-state index in [2.05, 4.69) is 49.7 Å². The number of pyridine rings is 1. The second-order valence-corrected chi connectivity index (χ2v) is 10.7. The number of hydrogen-bond acceptors (Lipinski definition) is 8. The minimum atomic E-state index is -0.264. The number of para-hydroxylation sites is 1.